The summed E-state index contributed by atoms with van der Waals surface area (Å²) in [4.78, 5) is 55.2. The Labute approximate surface area is 197 Å². The minimum absolute atomic E-state index is 0.150. The number of non-ortho nitro benzene ring substituents is 1. The van der Waals surface area contributed by atoms with E-state index in [0.717, 1.165) is 16.8 Å². The lowest BCUT2D eigenvalue weighted by Gasteiger charge is -2.39. The number of fused-ring (bicyclic) bond motifs is 5. The first kappa shape index (κ1) is 22.0. The number of carbonyl (C=O) groups excluding carboxylic acids is 3. The maximum absolute atomic E-state index is 14.0. The van der Waals surface area contributed by atoms with Gasteiger partial charge in [-0.3, -0.25) is 29.4 Å². The number of benzene rings is 2. The minimum Gasteiger partial charge on any atom is -0.352 e. The highest BCUT2D eigenvalue weighted by atomic mass is 16.6. The van der Waals surface area contributed by atoms with Gasteiger partial charge in [-0.25, -0.2) is 0 Å². The van der Waals surface area contributed by atoms with E-state index in [4.69, 9.17) is 0 Å². The molecule has 174 valence electrons. The van der Waals surface area contributed by atoms with Crippen LogP contribution < -0.4 is 4.90 Å². The van der Waals surface area contributed by atoms with Gasteiger partial charge in [-0.1, -0.05) is 36.4 Å². The molecule has 2 fully saturated rings. The second-order valence-electron chi connectivity index (χ2n) is 10.1. The number of nitro benzene ring substituents is 1. The van der Waals surface area contributed by atoms with Gasteiger partial charge in [0.05, 0.1) is 22.8 Å². The first-order chi connectivity index (χ1) is 16.0. The van der Waals surface area contributed by atoms with Crippen molar-refractivity contribution in [3.8, 4) is 0 Å². The molecule has 2 saturated heterocycles. The number of imide groups is 1. The standard InChI is InChI=1S/C26H25N3O5/c1-14-12-19-20-21(25(32)28(24(20)31)26(2,3)4)22(27(19)18-11-6-5-10-17(14)18)23(30)15-8-7-9-16(13-15)29(33)34/h5-13,19-22H,1-4H3/t19-,20+,21-,22+/m1/s1. The summed E-state index contributed by atoms with van der Waals surface area (Å²) in [5.41, 5.74) is 1.92. The summed E-state index contributed by atoms with van der Waals surface area (Å²) >= 11 is 0. The number of rotatable bonds is 3. The van der Waals surface area contributed by atoms with E-state index in [1.807, 2.05) is 42.2 Å². The number of nitrogens with zero attached hydrogens (tertiary/aromatic N) is 3. The SMILES string of the molecule is CC1=C[C@@H]2[C@@H]3C(=O)N(C(C)(C)C)C(=O)[C@H]3[C@@H](C(=O)c3cccc([N+](=O)[O-])c3)N2c2ccccc21. The van der Waals surface area contributed by atoms with Gasteiger partial charge >= 0.3 is 0 Å². The average molecular weight is 460 g/mol. The van der Waals surface area contributed by atoms with Gasteiger partial charge in [0.2, 0.25) is 11.8 Å². The fourth-order valence-electron chi connectivity index (χ4n) is 5.70. The van der Waals surface area contributed by atoms with Gasteiger partial charge in [-0.2, -0.15) is 0 Å². The molecule has 0 unspecified atom stereocenters. The molecular weight excluding hydrogens is 434 g/mol. The second-order valence-corrected chi connectivity index (χ2v) is 10.1. The summed E-state index contributed by atoms with van der Waals surface area (Å²) < 4.78 is 0. The Bertz CT molecular complexity index is 1290. The number of allylic oxidation sites excluding steroid dienone is 1. The van der Waals surface area contributed by atoms with E-state index in [9.17, 15) is 24.5 Å². The number of hydrogen-bond donors (Lipinski definition) is 0. The smallest absolute Gasteiger partial charge is 0.270 e. The number of likely N-dealkylation sites (tertiary alicyclic amines) is 1. The van der Waals surface area contributed by atoms with E-state index < -0.39 is 40.2 Å². The Hall–Kier alpha value is -3.81. The number of carbonyl (C=O) groups is 3. The first-order valence-electron chi connectivity index (χ1n) is 11.2. The van der Waals surface area contributed by atoms with E-state index >= 15 is 0 Å². The van der Waals surface area contributed by atoms with Gasteiger partial charge in [-0.15, -0.1) is 0 Å². The number of nitro groups is 1. The maximum Gasteiger partial charge on any atom is 0.270 e. The highest BCUT2D eigenvalue weighted by Crippen LogP contribution is 2.51. The van der Waals surface area contributed by atoms with Gasteiger partial charge < -0.3 is 4.90 Å². The minimum atomic E-state index is -0.952. The number of amides is 2. The Morgan fingerprint density at radius 2 is 1.68 bits per heavy atom. The number of Topliss-reactive ketones (excluding diaryl/α,β-unsaturated/α-hetero) is 1. The third-order valence-electron chi connectivity index (χ3n) is 7.04. The third-order valence-corrected chi connectivity index (χ3v) is 7.04. The highest BCUT2D eigenvalue weighted by molar-refractivity contribution is 6.14. The topological polar surface area (TPSA) is 101 Å². The third kappa shape index (κ3) is 3.01. The van der Waals surface area contributed by atoms with E-state index in [2.05, 4.69) is 0 Å². The van der Waals surface area contributed by atoms with Crippen LogP contribution in [0.3, 0.4) is 0 Å². The van der Waals surface area contributed by atoms with Gasteiger partial charge in [0.15, 0.2) is 5.78 Å². The maximum atomic E-state index is 14.0. The summed E-state index contributed by atoms with van der Waals surface area (Å²) in [6.45, 7) is 7.37. The van der Waals surface area contributed by atoms with Crippen molar-refractivity contribution in [1.82, 2.24) is 4.90 Å². The van der Waals surface area contributed by atoms with Crippen LogP contribution in [-0.2, 0) is 9.59 Å². The molecule has 0 aliphatic carbocycles. The van der Waals surface area contributed by atoms with Gasteiger partial charge in [0.25, 0.3) is 5.69 Å². The lowest BCUT2D eigenvalue weighted by molar-refractivity contribution is -0.384. The van der Waals surface area contributed by atoms with E-state index in [-0.39, 0.29) is 23.1 Å². The highest BCUT2D eigenvalue weighted by Gasteiger charge is 2.65. The van der Waals surface area contributed by atoms with Crippen LogP contribution in [-0.4, -0.2) is 45.0 Å². The molecule has 0 aromatic heterocycles. The quantitative estimate of drug-likeness (QED) is 0.299. The molecule has 4 atom stereocenters. The molecular formula is C26H25N3O5. The van der Waals surface area contributed by atoms with Gasteiger partial charge in [-0.05, 0) is 39.3 Å². The van der Waals surface area contributed by atoms with Crippen molar-refractivity contribution in [1.29, 1.82) is 0 Å². The number of hydrogen-bond acceptors (Lipinski definition) is 6. The molecule has 3 heterocycles. The Morgan fingerprint density at radius 3 is 2.35 bits per heavy atom. The van der Waals surface area contributed by atoms with Crippen molar-refractivity contribution in [2.24, 2.45) is 11.8 Å². The van der Waals surface area contributed by atoms with E-state index in [0.29, 0.717) is 0 Å². The Balaban J connectivity index is 1.70. The van der Waals surface area contributed by atoms with Crippen molar-refractivity contribution in [3.63, 3.8) is 0 Å². The fraction of sp³-hybridized carbons (Fsp3) is 0.346. The normalized spacial score (nSPS) is 25.6. The molecule has 2 aromatic rings. The Kier molecular flexibility index (Phi) is 4.76. The van der Waals surface area contributed by atoms with Gasteiger partial charge in [0, 0.05) is 34.5 Å². The fourth-order valence-corrected chi connectivity index (χ4v) is 5.70. The summed E-state index contributed by atoms with van der Waals surface area (Å²) in [5.74, 6) is -2.64. The van der Waals surface area contributed by atoms with Crippen molar-refractivity contribution in [3.05, 3.63) is 75.8 Å². The summed E-state index contributed by atoms with van der Waals surface area (Å²) in [7, 11) is 0. The van der Waals surface area contributed by atoms with E-state index in [1.54, 1.807) is 20.8 Å². The number of anilines is 1. The number of para-hydroxylation sites is 1. The van der Waals surface area contributed by atoms with E-state index in [1.165, 1.54) is 29.2 Å². The molecule has 0 bridgehead atoms. The Morgan fingerprint density at radius 1 is 1.00 bits per heavy atom. The lowest BCUT2D eigenvalue weighted by atomic mass is 9.85. The van der Waals surface area contributed by atoms with Crippen LogP contribution in [0.1, 0.15) is 43.6 Å². The molecule has 0 saturated carbocycles. The van der Waals surface area contributed by atoms with Gasteiger partial charge in [0.1, 0.15) is 6.04 Å². The average Bonchev–Trinajstić information content (AvgIpc) is 3.26. The molecule has 8 heteroatoms. The van der Waals surface area contributed by atoms with Crippen LogP contribution in [0.15, 0.2) is 54.6 Å². The first-order valence-corrected chi connectivity index (χ1v) is 11.2. The van der Waals surface area contributed by atoms with Crippen LogP contribution in [0.2, 0.25) is 0 Å². The molecule has 0 radical (unpaired) electrons. The molecule has 8 nitrogen and oxygen atoms in total. The molecule has 0 N–H and O–H groups in total. The monoisotopic (exact) mass is 459 g/mol. The molecule has 2 amide bonds. The van der Waals surface area contributed by atoms with Crippen LogP contribution in [0, 0.1) is 22.0 Å². The largest absolute Gasteiger partial charge is 0.352 e. The number of ketones is 1. The zero-order chi connectivity index (χ0) is 24.5. The molecule has 3 aliphatic heterocycles. The molecule has 3 aliphatic rings. The lowest BCUT2D eigenvalue weighted by Crippen LogP contribution is -2.52. The van der Waals surface area contributed by atoms with Crippen LogP contribution in [0.25, 0.3) is 5.57 Å². The predicted octanol–water partition coefficient (Wildman–Crippen LogP) is 3.85. The van der Waals surface area contributed by atoms with Crippen molar-refractivity contribution >= 4 is 34.5 Å². The van der Waals surface area contributed by atoms with Crippen LogP contribution >= 0.6 is 0 Å². The predicted molar refractivity (Wildman–Crippen MR) is 126 cm³/mol. The second kappa shape index (κ2) is 7.35. The molecule has 2 aromatic carbocycles. The van der Waals surface area contributed by atoms with Crippen molar-refractivity contribution in [2.45, 2.75) is 45.3 Å². The molecule has 5 rings (SSSR count). The summed E-state index contributed by atoms with van der Waals surface area (Å²) in [6.07, 6.45) is 1.97. The van der Waals surface area contributed by atoms with Crippen LogP contribution in [0.4, 0.5) is 11.4 Å². The molecule has 0 spiro atoms. The summed E-state index contributed by atoms with van der Waals surface area (Å²) in [6, 6.07) is 11.8. The van der Waals surface area contributed by atoms with Crippen molar-refractivity contribution in [2.75, 3.05) is 4.90 Å². The zero-order valence-corrected chi connectivity index (χ0v) is 19.4. The zero-order valence-electron chi connectivity index (χ0n) is 19.4. The molecule has 34 heavy (non-hydrogen) atoms. The van der Waals surface area contributed by atoms with Crippen LogP contribution in [0.5, 0.6) is 0 Å². The summed E-state index contributed by atoms with van der Waals surface area (Å²) in [5, 5.41) is 11.3. The van der Waals surface area contributed by atoms with Crippen molar-refractivity contribution < 1.29 is 19.3 Å².